The van der Waals surface area contributed by atoms with Crippen molar-refractivity contribution in [1.29, 1.82) is 0 Å². The highest BCUT2D eigenvalue weighted by Gasteiger charge is 2.05. The van der Waals surface area contributed by atoms with Crippen LogP contribution in [0.5, 0.6) is 5.75 Å². The summed E-state index contributed by atoms with van der Waals surface area (Å²) in [6.45, 7) is 2.59. The zero-order valence-electron chi connectivity index (χ0n) is 8.90. The first-order valence-corrected chi connectivity index (χ1v) is 5.57. The molecule has 0 aliphatic carbocycles. The molecular weight excluding hydrogens is 226 g/mol. The highest BCUT2D eigenvalue weighted by Crippen LogP contribution is 2.20. The highest BCUT2D eigenvalue weighted by molar-refractivity contribution is 6.16. The van der Waals surface area contributed by atoms with Gasteiger partial charge in [0.05, 0.1) is 12.5 Å². The summed E-state index contributed by atoms with van der Waals surface area (Å²) in [5.41, 5.74) is 0.915. The molecule has 0 aliphatic heterocycles. The van der Waals surface area contributed by atoms with Crippen molar-refractivity contribution in [1.82, 2.24) is 15.2 Å². The van der Waals surface area contributed by atoms with Gasteiger partial charge in [0.2, 0.25) is 0 Å². The number of nitrogens with zero attached hydrogens (tertiary/aromatic N) is 2. The Balaban J connectivity index is 2.28. The summed E-state index contributed by atoms with van der Waals surface area (Å²) in [6.07, 6.45) is 0. The number of nitrogens with one attached hydrogen (secondary N) is 1. The summed E-state index contributed by atoms with van der Waals surface area (Å²) >= 11 is 5.65. The molecule has 0 saturated carbocycles. The second-order valence-electron chi connectivity index (χ2n) is 3.20. The Morgan fingerprint density at radius 1 is 1.44 bits per heavy atom. The van der Waals surface area contributed by atoms with Gasteiger partial charge in [0.25, 0.3) is 0 Å². The first-order valence-electron chi connectivity index (χ1n) is 5.04. The molecule has 0 radical (unpaired) electrons. The lowest BCUT2D eigenvalue weighted by Crippen LogP contribution is -1.91. The van der Waals surface area contributed by atoms with Gasteiger partial charge in [-0.3, -0.25) is 5.10 Å². The van der Waals surface area contributed by atoms with Crippen LogP contribution in [-0.2, 0) is 5.88 Å². The second kappa shape index (κ2) is 4.99. The monoisotopic (exact) mass is 237 g/mol. The fourth-order valence-corrected chi connectivity index (χ4v) is 1.50. The Bertz CT molecular complexity index is 470. The van der Waals surface area contributed by atoms with E-state index in [1.165, 1.54) is 0 Å². The number of benzene rings is 1. The summed E-state index contributed by atoms with van der Waals surface area (Å²) in [7, 11) is 0. The predicted molar refractivity (Wildman–Crippen MR) is 62.5 cm³/mol. The van der Waals surface area contributed by atoms with Crippen LogP contribution in [0.25, 0.3) is 11.4 Å². The van der Waals surface area contributed by atoms with Gasteiger partial charge >= 0.3 is 0 Å². The third kappa shape index (κ3) is 2.33. The molecule has 2 rings (SSSR count). The number of H-pyrrole nitrogens is 1. The van der Waals surface area contributed by atoms with Gasteiger partial charge in [0.1, 0.15) is 11.6 Å². The van der Waals surface area contributed by atoms with Crippen molar-refractivity contribution in [3.05, 3.63) is 30.1 Å². The van der Waals surface area contributed by atoms with E-state index in [1.807, 2.05) is 31.2 Å². The Kier molecular flexibility index (Phi) is 3.41. The lowest BCUT2D eigenvalue weighted by Gasteiger charge is -2.03. The molecule has 1 aromatic carbocycles. The Morgan fingerprint density at radius 3 is 3.00 bits per heavy atom. The Morgan fingerprint density at radius 2 is 2.31 bits per heavy atom. The first kappa shape index (κ1) is 11.0. The normalized spacial score (nSPS) is 10.4. The summed E-state index contributed by atoms with van der Waals surface area (Å²) < 4.78 is 5.41. The van der Waals surface area contributed by atoms with E-state index in [2.05, 4.69) is 15.2 Å². The number of aromatic amines is 1. The Labute approximate surface area is 98.6 Å². The lowest BCUT2D eigenvalue weighted by molar-refractivity contribution is 0.340. The van der Waals surface area contributed by atoms with Crippen LogP contribution in [0.1, 0.15) is 12.7 Å². The maximum Gasteiger partial charge on any atom is 0.181 e. The minimum Gasteiger partial charge on any atom is -0.494 e. The Hall–Kier alpha value is -1.55. The molecule has 0 bridgehead atoms. The zero-order valence-corrected chi connectivity index (χ0v) is 9.66. The fourth-order valence-electron chi connectivity index (χ4n) is 1.38. The topological polar surface area (TPSA) is 50.8 Å². The molecule has 1 heterocycles. The van der Waals surface area contributed by atoms with Crippen LogP contribution in [0.2, 0.25) is 0 Å². The van der Waals surface area contributed by atoms with Gasteiger partial charge in [-0.15, -0.1) is 11.6 Å². The van der Waals surface area contributed by atoms with Crippen molar-refractivity contribution in [2.75, 3.05) is 6.61 Å². The zero-order chi connectivity index (χ0) is 11.4. The second-order valence-corrected chi connectivity index (χ2v) is 3.47. The molecular formula is C11H12ClN3O. The van der Waals surface area contributed by atoms with E-state index in [0.717, 1.165) is 11.3 Å². The maximum atomic E-state index is 5.65. The quantitative estimate of drug-likeness (QED) is 0.832. The van der Waals surface area contributed by atoms with Gasteiger partial charge in [-0.1, -0.05) is 12.1 Å². The summed E-state index contributed by atoms with van der Waals surface area (Å²) in [5.74, 6) is 2.45. The van der Waals surface area contributed by atoms with Gasteiger partial charge in [-0.2, -0.15) is 5.10 Å². The molecule has 1 aromatic heterocycles. The molecule has 0 amide bonds. The van der Waals surface area contributed by atoms with Crippen LogP contribution in [-0.4, -0.2) is 21.8 Å². The summed E-state index contributed by atoms with van der Waals surface area (Å²) in [6, 6.07) is 7.66. The van der Waals surface area contributed by atoms with E-state index in [-0.39, 0.29) is 0 Å². The molecule has 1 N–H and O–H groups in total. The van der Waals surface area contributed by atoms with Gasteiger partial charge in [-0.25, -0.2) is 4.98 Å². The van der Waals surface area contributed by atoms with Crippen LogP contribution in [0.4, 0.5) is 0 Å². The van der Waals surface area contributed by atoms with Crippen molar-refractivity contribution in [2.24, 2.45) is 0 Å². The van der Waals surface area contributed by atoms with Crippen LogP contribution < -0.4 is 4.74 Å². The highest BCUT2D eigenvalue weighted by atomic mass is 35.5. The number of hydrogen-bond acceptors (Lipinski definition) is 3. The van der Waals surface area contributed by atoms with Gasteiger partial charge < -0.3 is 4.74 Å². The maximum absolute atomic E-state index is 5.65. The third-order valence-electron chi connectivity index (χ3n) is 2.06. The number of hydrogen-bond donors (Lipinski definition) is 1. The first-order chi connectivity index (χ1) is 7.83. The van der Waals surface area contributed by atoms with Crippen molar-refractivity contribution < 1.29 is 4.74 Å². The lowest BCUT2D eigenvalue weighted by atomic mass is 10.2. The number of aromatic nitrogens is 3. The van der Waals surface area contributed by atoms with E-state index in [1.54, 1.807) is 0 Å². The number of alkyl halides is 1. The third-order valence-corrected chi connectivity index (χ3v) is 2.31. The molecule has 2 aromatic rings. The van der Waals surface area contributed by atoms with Crippen molar-refractivity contribution in [2.45, 2.75) is 12.8 Å². The molecule has 0 aliphatic rings. The van der Waals surface area contributed by atoms with E-state index in [4.69, 9.17) is 16.3 Å². The van der Waals surface area contributed by atoms with E-state index < -0.39 is 0 Å². The molecule has 0 atom stereocenters. The van der Waals surface area contributed by atoms with Gasteiger partial charge in [0.15, 0.2) is 5.82 Å². The van der Waals surface area contributed by atoms with Gasteiger partial charge in [-0.05, 0) is 19.1 Å². The van der Waals surface area contributed by atoms with Crippen LogP contribution in [0.3, 0.4) is 0 Å². The molecule has 84 valence electrons. The largest absolute Gasteiger partial charge is 0.494 e. The molecule has 4 nitrogen and oxygen atoms in total. The van der Waals surface area contributed by atoms with E-state index in [9.17, 15) is 0 Å². The van der Waals surface area contributed by atoms with Gasteiger partial charge in [0, 0.05) is 5.56 Å². The molecule has 5 heteroatoms. The van der Waals surface area contributed by atoms with Crippen molar-refractivity contribution >= 4 is 11.6 Å². The average molecular weight is 238 g/mol. The summed E-state index contributed by atoms with van der Waals surface area (Å²) in [4.78, 5) is 4.25. The molecule has 0 fully saturated rings. The summed E-state index contributed by atoms with van der Waals surface area (Å²) in [5, 5.41) is 6.85. The van der Waals surface area contributed by atoms with E-state index >= 15 is 0 Å². The SMILES string of the molecule is CCOc1cccc(-c2n[nH]c(CCl)n2)c1. The molecule has 16 heavy (non-hydrogen) atoms. The van der Waals surface area contributed by atoms with Crippen molar-refractivity contribution in [3.8, 4) is 17.1 Å². The minimum absolute atomic E-state index is 0.331. The standard InChI is InChI=1S/C11H12ClN3O/c1-2-16-9-5-3-4-8(6-9)11-13-10(7-12)14-15-11/h3-6H,2,7H2,1H3,(H,13,14,15). The van der Waals surface area contributed by atoms with Crippen LogP contribution >= 0.6 is 11.6 Å². The van der Waals surface area contributed by atoms with Crippen LogP contribution in [0.15, 0.2) is 24.3 Å². The molecule has 0 unspecified atom stereocenters. The average Bonchev–Trinajstić information content (AvgIpc) is 2.78. The number of rotatable bonds is 4. The van der Waals surface area contributed by atoms with E-state index in [0.29, 0.717) is 24.1 Å². The molecule has 0 saturated heterocycles. The fraction of sp³-hybridized carbons (Fsp3) is 0.273. The predicted octanol–water partition coefficient (Wildman–Crippen LogP) is 2.61. The number of ether oxygens (including phenoxy) is 1. The minimum atomic E-state index is 0.331. The number of halogens is 1. The molecule has 0 spiro atoms. The smallest absolute Gasteiger partial charge is 0.181 e. The van der Waals surface area contributed by atoms with Crippen molar-refractivity contribution in [3.63, 3.8) is 0 Å². The van der Waals surface area contributed by atoms with Crippen LogP contribution in [0, 0.1) is 0 Å².